The summed E-state index contributed by atoms with van der Waals surface area (Å²) in [5.74, 6) is -3.33. The van der Waals surface area contributed by atoms with Gasteiger partial charge in [-0.25, -0.2) is 0 Å². The molecule has 20 heteroatoms. The molecule has 0 bridgehead atoms. The third kappa shape index (κ3) is 19.0. The number of aliphatic hydroxyl groups excluding tert-OH is 2. The minimum absolute atomic E-state index is 0.0450. The lowest BCUT2D eigenvalue weighted by Gasteiger charge is -2.48. The minimum Gasteiger partial charge on any atom is -0.459 e. The van der Waals surface area contributed by atoms with Crippen LogP contribution >= 0.6 is 0 Å². The van der Waals surface area contributed by atoms with Crippen molar-refractivity contribution >= 4 is 30.6 Å². The van der Waals surface area contributed by atoms with E-state index in [-0.39, 0.29) is 56.0 Å². The van der Waals surface area contributed by atoms with Crippen molar-refractivity contribution in [2.45, 2.75) is 218 Å². The fourth-order valence-corrected chi connectivity index (χ4v) is 16.9. The Labute approximate surface area is 496 Å². The molecule has 0 aromatic heterocycles. The molecule has 2 aromatic rings. The van der Waals surface area contributed by atoms with Crippen LogP contribution in [-0.4, -0.2) is 210 Å². The van der Waals surface area contributed by atoms with Crippen LogP contribution in [-0.2, 0) is 66.1 Å². The number of hydrogen-bond acceptors (Lipinski definition) is 19. The van der Waals surface area contributed by atoms with Crippen LogP contribution in [0.15, 0.2) is 60.7 Å². The van der Waals surface area contributed by atoms with E-state index in [0.29, 0.717) is 65.6 Å². The van der Waals surface area contributed by atoms with Gasteiger partial charge in [-0.05, 0) is 103 Å². The Morgan fingerprint density at radius 2 is 1.29 bits per heavy atom. The highest BCUT2D eigenvalue weighted by molar-refractivity contribution is 6.99. The Balaban J connectivity index is 1.16. The summed E-state index contributed by atoms with van der Waals surface area (Å²) in [7, 11) is 0.701. The molecule has 83 heavy (non-hydrogen) atoms. The second-order valence-electron chi connectivity index (χ2n) is 25.2. The summed E-state index contributed by atoms with van der Waals surface area (Å²) in [5.41, 5.74) is -4.55. The molecule has 0 saturated carbocycles. The Hall–Kier alpha value is -3.00. The highest BCUT2D eigenvalue weighted by Crippen LogP contribution is 2.41. The van der Waals surface area contributed by atoms with Crippen LogP contribution < -0.4 is 10.4 Å². The van der Waals surface area contributed by atoms with Gasteiger partial charge in [0.2, 0.25) is 0 Å². The van der Waals surface area contributed by atoms with Crippen LogP contribution in [0.4, 0.5) is 0 Å². The van der Waals surface area contributed by atoms with Crippen molar-refractivity contribution in [1.82, 2.24) is 4.90 Å². The first-order valence-corrected chi connectivity index (χ1v) is 32.2. The van der Waals surface area contributed by atoms with E-state index in [2.05, 4.69) is 69.3 Å². The van der Waals surface area contributed by atoms with Crippen molar-refractivity contribution in [2.24, 2.45) is 17.8 Å². The number of esters is 2. The minimum atomic E-state index is -2.63. The van der Waals surface area contributed by atoms with E-state index < -0.39 is 110 Å². The van der Waals surface area contributed by atoms with E-state index in [4.69, 9.17) is 56.5 Å². The third-order valence-corrected chi connectivity index (χ3v) is 22.3. The predicted molar refractivity (Wildman–Crippen MR) is 317 cm³/mol. The second-order valence-corrected chi connectivity index (χ2v) is 29.5. The van der Waals surface area contributed by atoms with Gasteiger partial charge in [0.05, 0.1) is 107 Å². The summed E-state index contributed by atoms with van der Waals surface area (Å²) >= 11 is 0. The quantitative estimate of drug-likeness (QED) is 0.0512. The zero-order valence-electron chi connectivity index (χ0n) is 52.6. The van der Waals surface area contributed by atoms with Gasteiger partial charge in [0.25, 0.3) is 8.32 Å². The largest absolute Gasteiger partial charge is 0.459 e. The maximum Gasteiger partial charge on any atom is 0.311 e. The first-order valence-electron chi connectivity index (χ1n) is 30.3. The average molecular weight is 1190 g/mol. The number of aliphatic hydroxyl groups is 4. The molecule has 0 spiro atoms. The number of likely N-dealkylation sites (N-methyl/N-ethyl adjacent to an activating group) is 1. The first-order chi connectivity index (χ1) is 39.1. The maximum atomic E-state index is 14.5. The van der Waals surface area contributed by atoms with Gasteiger partial charge in [-0.15, -0.1) is 0 Å². The predicted octanol–water partition coefficient (Wildman–Crippen LogP) is 5.94. The van der Waals surface area contributed by atoms with Gasteiger partial charge in [0.15, 0.2) is 18.7 Å². The van der Waals surface area contributed by atoms with Crippen LogP contribution in [0, 0.1) is 17.8 Å². The Kier molecular flexibility index (Phi) is 27.5. The number of methoxy groups -OCH3 is 1. The van der Waals surface area contributed by atoms with Gasteiger partial charge in [0, 0.05) is 32.0 Å². The zero-order chi connectivity index (χ0) is 61.3. The summed E-state index contributed by atoms with van der Waals surface area (Å²) in [5, 5.41) is 49.8. The maximum absolute atomic E-state index is 14.5. The Morgan fingerprint density at radius 3 is 1.82 bits per heavy atom. The van der Waals surface area contributed by atoms with Crippen molar-refractivity contribution in [2.75, 3.05) is 80.2 Å². The number of carbonyl (C=O) groups is 2. The molecule has 17 atom stereocenters. The number of ether oxygens (including phenoxy) is 11. The van der Waals surface area contributed by atoms with Crippen LogP contribution in [0.2, 0.25) is 5.04 Å². The Morgan fingerprint density at radius 1 is 0.747 bits per heavy atom. The van der Waals surface area contributed by atoms with E-state index in [1.54, 1.807) is 41.5 Å². The van der Waals surface area contributed by atoms with Gasteiger partial charge in [-0.3, -0.25) is 9.59 Å². The molecule has 3 unspecified atom stereocenters. The van der Waals surface area contributed by atoms with Gasteiger partial charge in [-0.2, -0.15) is 0 Å². The van der Waals surface area contributed by atoms with E-state index in [1.165, 1.54) is 24.4 Å². The molecule has 19 nitrogen and oxygen atoms in total. The molecule has 3 heterocycles. The summed E-state index contributed by atoms with van der Waals surface area (Å²) in [6.45, 7) is 27.8. The fraction of sp³-hybridized carbons (Fsp3) is 0.778. The zero-order valence-corrected chi connectivity index (χ0v) is 53.6. The smallest absolute Gasteiger partial charge is 0.311 e. The summed E-state index contributed by atoms with van der Waals surface area (Å²) < 4.78 is 74.4. The van der Waals surface area contributed by atoms with E-state index in [1.807, 2.05) is 44.9 Å². The number of benzene rings is 2. The average Bonchev–Trinajstić information content (AvgIpc) is 3.65. The van der Waals surface area contributed by atoms with E-state index in [0.717, 1.165) is 0 Å². The highest BCUT2D eigenvalue weighted by atomic mass is 28.4. The van der Waals surface area contributed by atoms with Crippen molar-refractivity contribution in [3.63, 3.8) is 0 Å². The van der Waals surface area contributed by atoms with Crippen LogP contribution in [0.3, 0.4) is 0 Å². The van der Waals surface area contributed by atoms with Crippen molar-refractivity contribution < 1.29 is 86.5 Å². The molecule has 3 aliphatic rings. The van der Waals surface area contributed by atoms with Crippen molar-refractivity contribution in [1.29, 1.82) is 0 Å². The number of hydrogen-bond donors (Lipinski definition) is 4. The molecule has 474 valence electrons. The van der Waals surface area contributed by atoms with Gasteiger partial charge in [0.1, 0.15) is 23.9 Å². The fourth-order valence-electron chi connectivity index (χ4n) is 12.4. The second kappa shape index (κ2) is 32.3. The van der Waals surface area contributed by atoms with Gasteiger partial charge in [-0.1, -0.05) is 102 Å². The molecule has 5 rings (SSSR count). The van der Waals surface area contributed by atoms with Gasteiger partial charge < -0.3 is 81.9 Å². The molecule has 3 aliphatic heterocycles. The number of nitrogens with zero attached hydrogens (tertiary/aromatic N) is 1. The SMILES string of the molecule is CC[C@H]1OC(=O)[C@H](C)[C@@H](O[C@H]2C[C@@](C)(OC)[C@@H](O)[C@H](C)O2)[C@H](C)[C@@H](OC2OC(C)CCC2OC(=O)CCOCCOCCOCCOCCO[Si](c2ccccc2)(c2ccccc2)C(C)(C)C)[C@](C)(O)C[C@@H](C)CN(C)[C@H](C)[C@@H](O)[C@]1(C)O. The topological polar surface area (TPSA) is 229 Å². The van der Waals surface area contributed by atoms with Crippen LogP contribution in [0.5, 0.6) is 0 Å². The lowest BCUT2D eigenvalue weighted by molar-refractivity contribution is -0.315. The standard InChI is InChI=1S/C63H105NO18Si/c1-16-51-63(13,70)55(66)46(6)64(14)41-42(2)39-61(11,69)57(44(4)54(45(5)58(68)80-51)81-53-40-62(12,71-15)56(67)47(7)78-53)82-59-50(28-27-43(3)77-59)79-52(65)29-30-72-31-32-73-33-34-74-35-36-75-37-38-76-83(60(8,9)10,48-23-19-17-20-24-48)49-25-21-18-22-26-49/h17-26,42-47,50-51,53-57,59,66-67,69-70H,16,27-41H2,1-15H3/t42-,43?,44+,45-,46-,47+,50?,51-,53+,54+,55-,56+,57-,59?,61-,62-,63-/m1/s1. The number of carbonyl (C=O) groups excluding carboxylic acids is 2. The van der Waals surface area contributed by atoms with Crippen LogP contribution in [0.25, 0.3) is 0 Å². The molecular formula is C63H105NO18Si. The Bertz CT molecular complexity index is 2170. The van der Waals surface area contributed by atoms with Crippen molar-refractivity contribution in [3.8, 4) is 0 Å². The summed E-state index contributed by atoms with van der Waals surface area (Å²) in [4.78, 5) is 29.9. The summed E-state index contributed by atoms with van der Waals surface area (Å²) in [6, 6.07) is 20.5. The third-order valence-electron chi connectivity index (χ3n) is 17.3. The molecule has 0 amide bonds. The molecular weight excluding hydrogens is 1090 g/mol. The summed E-state index contributed by atoms with van der Waals surface area (Å²) in [6.07, 6.45) is -8.21. The molecule has 2 aromatic carbocycles. The van der Waals surface area contributed by atoms with Crippen molar-refractivity contribution in [3.05, 3.63) is 60.7 Å². The lowest BCUT2D eigenvalue weighted by atomic mass is 9.77. The number of rotatable bonds is 25. The molecule has 0 aliphatic carbocycles. The van der Waals surface area contributed by atoms with E-state index >= 15 is 0 Å². The molecule has 3 fully saturated rings. The first kappa shape index (κ1) is 70.8. The number of cyclic esters (lactones) is 1. The normalized spacial score (nSPS) is 34.8. The van der Waals surface area contributed by atoms with Gasteiger partial charge >= 0.3 is 11.9 Å². The molecule has 0 radical (unpaired) electrons. The lowest BCUT2D eigenvalue weighted by Crippen LogP contribution is -2.66. The van der Waals surface area contributed by atoms with E-state index in [9.17, 15) is 30.0 Å². The monoisotopic (exact) mass is 1190 g/mol. The van der Waals surface area contributed by atoms with Crippen LogP contribution in [0.1, 0.15) is 129 Å². The highest BCUT2D eigenvalue weighted by Gasteiger charge is 2.53. The molecule has 4 N–H and O–H groups in total. The molecule has 3 saturated heterocycles.